The lowest BCUT2D eigenvalue weighted by atomic mass is 10.0. The number of aromatic nitrogens is 3. The molecule has 9 nitrogen and oxygen atoms in total. The van der Waals surface area contributed by atoms with Crippen LogP contribution >= 0.6 is 0 Å². The molecule has 154 valence electrons. The maximum Gasteiger partial charge on any atom is 0.133 e. The molecule has 1 aliphatic carbocycles. The minimum atomic E-state index is 0.366. The Morgan fingerprint density at radius 1 is 1.20 bits per heavy atom. The van der Waals surface area contributed by atoms with Crippen molar-refractivity contribution >= 4 is 33.9 Å². The minimum Gasteiger partial charge on any atom is -0.383 e. The topological polar surface area (TPSA) is 116 Å². The fraction of sp³-hybridized carbons (Fsp3) is 0.286. The molecule has 30 heavy (non-hydrogen) atoms. The van der Waals surface area contributed by atoms with E-state index in [0.29, 0.717) is 23.6 Å². The average Bonchev–Trinajstić information content (AvgIpc) is 3.48. The Hall–Kier alpha value is -3.43. The third-order valence-corrected chi connectivity index (χ3v) is 5.61. The summed E-state index contributed by atoms with van der Waals surface area (Å²) in [7, 11) is 3.92. The Balaban J connectivity index is 1.45. The number of hydrogen-bond acceptors (Lipinski definition) is 9. The Morgan fingerprint density at radius 3 is 2.77 bits per heavy atom. The van der Waals surface area contributed by atoms with Gasteiger partial charge in [0.1, 0.15) is 17.5 Å². The summed E-state index contributed by atoms with van der Waals surface area (Å²) >= 11 is 0. The fourth-order valence-electron chi connectivity index (χ4n) is 3.92. The van der Waals surface area contributed by atoms with Crippen LogP contribution in [0.2, 0.25) is 0 Å². The summed E-state index contributed by atoms with van der Waals surface area (Å²) < 4.78 is 0. The number of anilines is 3. The SMILES string of the molecule is CN[C@H](c1ccnc(Nc2cc3cc(C4=CNNN4C)nc(N)c3cn2)c1)C1CC1. The monoisotopic (exact) mass is 403 g/mol. The van der Waals surface area contributed by atoms with Gasteiger partial charge in [-0.3, -0.25) is 5.01 Å². The van der Waals surface area contributed by atoms with Gasteiger partial charge in [-0.2, -0.15) is 0 Å². The molecule has 3 aromatic rings. The van der Waals surface area contributed by atoms with Crippen LogP contribution in [0.25, 0.3) is 16.5 Å². The van der Waals surface area contributed by atoms with Crippen molar-refractivity contribution in [2.45, 2.75) is 18.9 Å². The third-order valence-electron chi connectivity index (χ3n) is 5.61. The maximum atomic E-state index is 6.20. The highest BCUT2D eigenvalue weighted by atomic mass is 15.7. The van der Waals surface area contributed by atoms with Crippen LogP contribution in [0.1, 0.15) is 30.1 Å². The smallest absolute Gasteiger partial charge is 0.133 e. The molecule has 2 aliphatic rings. The largest absolute Gasteiger partial charge is 0.383 e. The van der Waals surface area contributed by atoms with Crippen LogP contribution in [-0.4, -0.2) is 34.1 Å². The van der Waals surface area contributed by atoms with E-state index < -0.39 is 0 Å². The van der Waals surface area contributed by atoms with E-state index in [-0.39, 0.29) is 0 Å². The zero-order valence-electron chi connectivity index (χ0n) is 17.0. The molecule has 1 atom stereocenters. The zero-order chi connectivity index (χ0) is 20.7. The summed E-state index contributed by atoms with van der Waals surface area (Å²) in [5.41, 5.74) is 15.1. The number of nitrogen functional groups attached to an aromatic ring is 1. The number of nitrogens with one attached hydrogen (secondary N) is 4. The Labute approximate surface area is 174 Å². The minimum absolute atomic E-state index is 0.366. The summed E-state index contributed by atoms with van der Waals surface area (Å²) in [5, 5.41) is 10.4. The van der Waals surface area contributed by atoms with Crippen molar-refractivity contribution in [3.63, 3.8) is 0 Å². The van der Waals surface area contributed by atoms with E-state index >= 15 is 0 Å². The van der Waals surface area contributed by atoms with E-state index in [1.165, 1.54) is 18.4 Å². The van der Waals surface area contributed by atoms with Crippen LogP contribution in [0.5, 0.6) is 0 Å². The summed E-state index contributed by atoms with van der Waals surface area (Å²) in [4.78, 5) is 13.5. The van der Waals surface area contributed by atoms with Gasteiger partial charge in [-0.05, 0) is 61.0 Å². The number of hydrogen-bond donors (Lipinski definition) is 5. The van der Waals surface area contributed by atoms with Crippen molar-refractivity contribution in [2.24, 2.45) is 5.92 Å². The molecule has 0 bridgehead atoms. The molecule has 0 spiro atoms. The quantitative estimate of drug-likeness (QED) is 0.423. The second kappa shape index (κ2) is 7.43. The van der Waals surface area contributed by atoms with Gasteiger partial charge in [0.05, 0.1) is 11.4 Å². The van der Waals surface area contributed by atoms with Crippen LogP contribution in [0.4, 0.5) is 17.5 Å². The van der Waals surface area contributed by atoms with Crippen LogP contribution in [0.3, 0.4) is 0 Å². The number of hydrazine groups is 2. The lowest BCUT2D eigenvalue weighted by Crippen LogP contribution is -2.33. The molecule has 0 amide bonds. The Bertz CT molecular complexity index is 1120. The number of nitrogens with two attached hydrogens (primary N) is 1. The second-order valence-corrected chi connectivity index (χ2v) is 7.73. The van der Waals surface area contributed by atoms with Crippen molar-refractivity contribution in [3.8, 4) is 0 Å². The van der Waals surface area contributed by atoms with Gasteiger partial charge in [0.2, 0.25) is 0 Å². The molecular formula is C21H25N9. The molecule has 0 radical (unpaired) electrons. The van der Waals surface area contributed by atoms with Crippen LogP contribution in [-0.2, 0) is 0 Å². The van der Waals surface area contributed by atoms with Crippen molar-refractivity contribution in [3.05, 3.63) is 54.1 Å². The number of fused-ring (bicyclic) bond motifs is 1. The highest BCUT2D eigenvalue weighted by Crippen LogP contribution is 2.41. The summed E-state index contributed by atoms with van der Waals surface area (Å²) in [6, 6.07) is 8.50. The summed E-state index contributed by atoms with van der Waals surface area (Å²) in [6.45, 7) is 0. The van der Waals surface area contributed by atoms with Gasteiger partial charge in [0.25, 0.3) is 0 Å². The first-order chi connectivity index (χ1) is 14.6. The van der Waals surface area contributed by atoms with Gasteiger partial charge < -0.3 is 21.8 Å². The van der Waals surface area contributed by atoms with E-state index in [1.54, 1.807) is 6.20 Å². The van der Waals surface area contributed by atoms with E-state index in [1.807, 2.05) is 43.6 Å². The second-order valence-electron chi connectivity index (χ2n) is 7.73. The highest BCUT2D eigenvalue weighted by molar-refractivity contribution is 5.93. The Kier molecular flexibility index (Phi) is 4.61. The molecule has 6 N–H and O–H groups in total. The van der Waals surface area contributed by atoms with Crippen molar-refractivity contribution in [1.82, 2.24) is 36.2 Å². The molecule has 9 heteroatoms. The van der Waals surface area contributed by atoms with Gasteiger partial charge in [0, 0.05) is 37.1 Å². The van der Waals surface area contributed by atoms with Gasteiger partial charge in [-0.1, -0.05) is 0 Å². The third kappa shape index (κ3) is 3.49. The van der Waals surface area contributed by atoms with Crippen molar-refractivity contribution in [2.75, 3.05) is 25.1 Å². The maximum absolute atomic E-state index is 6.20. The zero-order valence-corrected chi connectivity index (χ0v) is 17.0. The number of rotatable bonds is 6. The predicted octanol–water partition coefficient (Wildman–Crippen LogP) is 2.27. The van der Waals surface area contributed by atoms with Crippen LogP contribution < -0.4 is 27.3 Å². The predicted molar refractivity (Wildman–Crippen MR) is 118 cm³/mol. The first-order valence-corrected chi connectivity index (χ1v) is 10.0. The molecule has 0 aromatic carbocycles. The standard InChI is InChI=1S/C21H25N9/c1-23-20(12-3-4-12)13-5-6-24-18(8-13)28-19-9-14-7-16(17-11-26-29-30(17)2)27-21(22)15(14)10-25-19/h5-12,20,23,26,29H,3-4H2,1-2H3,(H2,22,27)(H,24,25,28)/t20-/m0/s1. The Morgan fingerprint density at radius 2 is 2.03 bits per heavy atom. The van der Waals surface area contributed by atoms with Gasteiger partial charge in [-0.25, -0.2) is 15.0 Å². The first kappa shape index (κ1) is 18.6. The molecule has 3 aromatic heterocycles. The number of pyridine rings is 3. The average molecular weight is 403 g/mol. The summed E-state index contributed by atoms with van der Waals surface area (Å²) in [6.07, 6.45) is 7.99. The fourth-order valence-corrected chi connectivity index (χ4v) is 3.92. The van der Waals surface area contributed by atoms with Gasteiger partial charge in [0.15, 0.2) is 0 Å². The van der Waals surface area contributed by atoms with Crippen LogP contribution in [0.15, 0.2) is 42.9 Å². The van der Waals surface area contributed by atoms with Gasteiger partial charge >= 0.3 is 0 Å². The normalized spacial score (nSPS) is 17.0. The molecule has 0 unspecified atom stereocenters. The van der Waals surface area contributed by atoms with Crippen molar-refractivity contribution < 1.29 is 0 Å². The molecule has 4 heterocycles. The van der Waals surface area contributed by atoms with E-state index in [4.69, 9.17) is 5.73 Å². The highest BCUT2D eigenvalue weighted by Gasteiger charge is 2.31. The molecule has 1 aliphatic heterocycles. The van der Waals surface area contributed by atoms with E-state index in [2.05, 4.69) is 48.7 Å². The number of nitrogens with zero attached hydrogens (tertiary/aromatic N) is 4. The van der Waals surface area contributed by atoms with Crippen molar-refractivity contribution in [1.29, 1.82) is 0 Å². The van der Waals surface area contributed by atoms with E-state index in [0.717, 1.165) is 28.0 Å². The molecule has 1 fully saturated rings. The molecular weight excluding hydrogens is 378 g/mol. The molecule has 0 saturated heterocycles. The molecule has 5 rings (SSSR count). The van der Waals surface area contributed by atoms with Crippen LogP contribution in [0, 0.1) is 5.92 Å². The molecule has 1 saturated carbocycles. The lowest BCUT2D eigenvalue weighted by Gasteiger charge is -2.17. The van der Waals surface area contributed by atoms with Gasteiger partial charge in [-0.15, -0.1) is 5.53 Å². The lowest BCUT2D eigenvalue weighted by molar-refractivity contribution is 0.343. The first-order valence-electron chi connectivity index (χ1n) is 10.0. The van der Waals surface area contributed by atoms with E-state index in [9.17, 15) is 0 Å². The summed E-state index contributed by atoms with van der Waals surface area (Å²) in [5.74, 6) is 2.64.